The van der Waals surface area contributed by atoms with Crippen LogP contribution in [0.15, 0.2) is 30.3 Å². The molecule has 2 N–H and O–H groups in total. The molecule has 1 aromatic carbocycles. The molecule has 0 fully saturated rings. The van der Waals surface area contributed by atoms with Crippen LogP contribution in [0.5, 0.6) is 0 Å². The van der Waals surface area contributed by atoms with E-state index in [0.717, 1.165) is 11.3 Å². The average Bonchev–Trinajstić information content (AvgIpc) is 2.06. The minimum Gasteiger partial charge on any atom is -0.369 e. The van der Waals surface area contributed by atoms with Crippen LogP contribution in [0.25, 0.3) is 11.8 Å². The third kappa shape index (κ3) is 0.917. The predicted molar refractivity (Wildman–Crippen MR) is 46.3 cm³/mol. The van der Waals surface area contributed by atoms with Gasteiger partial charge in [0.25, 0.3) is 0 Å². The lowest BCUT2D eigenvalue weighted by molar-refractivity contribution is 1.46. The fourth-order valence-corrected chi connectivity index (χ4v) is 1.19. The maximum Gasteiger partial charge on any atom is 0.208 e. The van der Waals surface area contributed by atoms with Gasteiger partial charge in [0, 0.05) is 6.07 Å². The molecule has 0 saturated carbocycles. The lowest BCUT2D eigenvalue weighted by Gasteiger charge is -1.98. The molecule has 0 aliphatic heterocycles. The lowest BCUT2D eigenvalue weighted by atomic mass is 10.0. The number of hydrogen-bond acceptors (Lipinski definition) is 1. The van der Waals surface area contributed by atoms with E-state index < -0.39 is 0 Å². The van der Waals surface area contributed by atoms with Crippen LogP contribution in [-0.4, -0.2) is 0 Å². The van der Waals surface area contributed by atoms with Gasteiger partial charge in [-0.25, -0.2) is 0 Å². The van der Waals surface area contributed by atoms with E-state index in [2.05, 4.69) is 6.08 Å². The molecule has 0 atom stereocenters. The van der Waals surface area contributed by atoms with Crippen LogP contribution in [0, 0.1) is 6.08 Å². The highest BCUT2D eigenvalue weighted by molar-refractivity contribution is 5.76. The smallest absolute Gasteiger partial charge is 0.208 e. The summed E-state index contributed by atoms with van der Waals surface area (Å²) in [6.07, 6.45) is 6.80. The Morgan fingerprint density at radius 3 is 2.82 bits per heavy atom. The summed E-state index contributed by atoms with van der Waals surface area (Å²) in [6.45, 7) is 0. The van der Waals surface area contributed by atoms with Gasteiger partial charge in [0.05, 0.1) is 17.7 Å². The van der Waals surface area contributed by atoms with Crippen LogP contribution in [0.2, 0.25) is 0 Å². The summed E-state index contributed by atoms with van der Waals surface area (Å²) >= 11 is 0. The van der Waals surface area contributed by atoms with Crippen LogP contribution < -0.4 is 5.73 Å². The number of nitrogens with two attached hydrogens (primary N) is 1. The molecule has 0 amide bonds. The topological polar surface area (TPSA) is 26.0 Å². The zero-order valence-corrected chi connectivity index (χ0v) is 6.04. The standard InChI is InChI=1S/C10H8N/c11-10-7-3-5-8-4-1-2-6-9(8)10/h1-6H,11H2/q+1. The molecule has 0 radical (unpaired) electrons. The molecule has 0 saturated heterocycles. The molecule has 11 heavy (non-hydrogen) atoms. The third-order valence-corrected chi connectivity index (χ3v) is 1.75. The van der Waals surface area contributed by atoms with Crippen LogP contribution in [0.4, 0.5) is 0 Å². The first-order valence-electron chi connectivity index (χ1n) is 3.53. The van der Waals surface area contributed by atoms with E-state index in [-0.39, 0.29) is 0 Å². The second kappa shape index (κ2) is 2.22. The summed E-state index contributed by atoms with van der Waals surface area (Å²) in [5, 5.41) is 0. The highest BCUT2D eigenvalue weighted by atomic mass is 14.6. The summed E-state index contributed by atoms with van der Waals surface area (Å²) < 4.78 is 0. The summed E-state index contributed by atoms with van der Waals surface area (Å²) in [6, 6.07) is 8.02. The SMILES string of the molecule is NC1=[C+]C=Cc2ccccc21. The van der Waals surface area contributed by atoms with Gasteiger partial charge in [-0.05, 0) is 12.1 Å². The molecular formula is C10H8N+. The number of allylic oxidation sites excluding steroid dienone is 2. The maximum atomic E-state index is 5.70. The molecule has 0 bridgehead atoms. The van der Waals surface area contributed by atoms with Crippen molar-refractivity contribution in [1.29, 1.82) is 0 Å². The monoisotopic (exact) mass is 142 g/mol. The summed E-state index contributed by atoms with van der Waals surface area (Å²) in [5.41, 5.74) is 8.67. The Labute approximate surface area is 65.8 Å². The van der Waals surface area contributed by atoms with Gasteiger partial charge in [-0.1, -0.05) is 6.07 Å². The van der Waals surface area contributed by atoms with Gasteiger partial charge < -0.3 is 5.73 Å². The highest BCUT2D eigenvalue weighted by Crippen LogP contribution is 2.19. The van der Waals surface area contributed by atoms with Gasteiger partial charge in [0.15, 0.2) is 0 Å². The van der Waals surface area contributed by atoms with Crippen LogP contribution in [0.1, 0.15) is 11.1 Å². The minimum atomic E-state index is 0.725. The van der Waals surface area contributed by atoms with Crippen LogP contribution in [0.3, 0.4) is 0 Å². The molecule has 0 heterocycles. The van der Waals surface area contributed by atoms with Gasteiger partial charge in [0.2, 0.25) is 5.70 Å². The van der Waals surface area contributed by atoms with Crippen molar-refractivity contribution in [2.24, 2.45) is 5.73 Å². The summed E-state index contributed by atoms with van der Waals surface area (Å²) in [7, 11) is 0. The summed E-state index contributed by atoms with van der Waals surface area (Å²) in [4.78, 5) is 0. The van der Waals surface area contributed by atoms with Gasteiger partial charge in [-0.15, -0.1) is 0 Å². The molecule has 2 rings (SSSR count). The fourth-order valence-electron chi connectivity index (χ4n) is 1.19. The average molecular weight is 142 g/mol. The molecule has 0 aromatic heterocycles. The second-order valence-corrected chi connectivity index (χ2v) is 2.48. The number of hydrogen-bond donors (Lipinski definition) is 1. The zero-order valence-electron chi connectivity index (χ0n) is 6.04. The van der Waals surface area contributed by atoms with Crippen LogP contribution in [-0.2, 0) is 0 Å². The molecule has 1 aliphatic carbocycles. The van der Waals surface area contributed by atoms with E-state index in [1.807, 2.05) is 36.4 Å². The Morgan fingerprint density at radius 1 is 1.18 bits per heavy atom. The first-order valence-corrected chi connectivity index (χ1v) is 3.53. The number of benzene rings is 1. The van der Waals surface area contributed by atoms with Crippen molar-refractivity contribution in [1.82, 2.24) is 0 Å². The Morgan fingerprint density at radius 2 is 2.00 bits per heavy atom. The van der Waals surface area contributed by atoms with Crippen LogP contribution >= 0.6 is 0 Å². The third-order valence-electron chi connectivity index (χ3n) is 1.75. The van der Waals surface area contributed by atoms with E-state index in [9.17, 15) is 0 Å². The fraction of sp³-hybridized carbons (Fsp3) is 0. The zero-order chi connectivity index (χ0) is 7.68. The van der Waals surface area contributed by atoms with Gasteiger partial charge >= 0.3 is 0 Å². The molecule has 1 aliphatic rings. The Balaban J connectivity index is 2.67. The minimum absolute atomic E-state index is 0.725. The van der Waals surface area contributed by atoms with Crippen molar-refractivity contribution >= 4 is 11.8 Å². The normalized spacial score (nSPS) is 13.3. The Kier molecular flexibility index (Phi) is 1.24. The molecule has 1 heteroatoms. The van der Waals surface area contributed by atoms with Crippen molar-refractivity contribution in [2.45, 2.75) is 0 Å². The van der Waals surface area contributed by atoms with E-state index in [4.69, 9.17) is 5.73 Å². The van der Waals surface area contributed by atoms with Gasteiger partial charge in [-0.2, -0.15) is 0 Å². The Bertz CT molecular complexity index is 334. The van der Waals surface area contributed by atoms with Gasteiger partial charge in [0.1, 0.15) is 11.6 Å². The summed E-state index contributed by atoms with van der Waals surface area (Å²) in [5.74, 6) is 0. The quantitative estimate of drug-likeness (QED) is 0.549. The molecular weight excluding hydrogens is 134 g/mol. The number of rotatable bonds is 0. The Hall–Kier alpha value is -1.59. The first-order chi connectivity index (χ1) is 5.38. The molecule has 52 valence electrons. The second-order valence-electron chi connectivity index (χ2n) is 2.48. The molecule has 0 spiro atoms. The van der Waals surface area contributed by atoms with E-state index in [0.29, 0.717) is 0 Å². The lowest BCUT2D eigenvalue weighted by Crippen LogP contribution is -2.00. The molecule has 0 unspecified atom stereocenters. The van der Waals surface area contributed by atoms with E-state index in [1.54, 1.807) is 0 Å². The van der Waals surface area contributed by atoms with Crippen molar-refractivity contribution < 1.29 is 0 Å². The highest BCUT2D eigenvalue weighted by Gasteiger charge is 2.13. The van der Waals surface area contributed by atoms with Gasteiger partial charge in [-0.3, -0.25) is 0 Å². The predicted octanol–water partition coefficient (Wildman–Crippen LogP) is 1.82. The molecule has 1 nitrogen and oxygen atoms in total. The molecule has 1 aromatic rings. The van der Waals surface area contributed by atoms with Crippen molar-refractivity contribution in [2.75, 3.05) is 0 Å². The van der Waals surface area contributed by atoms with E-state index >= 15 is 0 Å². The maximum absolute atomic E-state index is 5.70. The van der Waals surface area contributed by atoms with Crippen molar-refractivity contribution in [3.63, 3.8) is 0 Å². The first kappa shape index (κ1) is 6.14. The van der Waals surface area contributed by atoms with Crippen molar-refractivity contribution in [3.05, 3.63) is 47.5 Å². The van der Waals surface area contributed by atoms with E-state index in [1.165, 1.54) is 5.56 Å². The number of fused-ring (bicyclic) bond motifs is 1. The van der Waals surface area contributed by atoms with Crippen molar-refractivity contribution in [3.8, 4) is 0 Å². The largest absolute Gasteiger partial charge is 0.369 e.